The van der Waals surface area contributed by atoms with Crippen LogP contribution < -0.4 is 12.4 Å². The fraction of sp³-hybridized carbons (Fsp3) is 0.860. The Bertz CT molecular complexity index is 680. The highest BCUT2D eigenvalue weighted by molar-refractivity contribution is 5.85. The molecule has 0 saturated carbocycles. The van der Waals surface area contributed by atoms with Gasteiger partial charge in [0.1, 0.15) is 6.54 Å². The summed E-state index contributed by atoms with van der Waals surface area (Å²) in [4.78, 5) is 2.29. The van der Waals surface area contributed by atoms with Gasteiger partial charge in [-0.3, -0.25) is 0 Å². The van der Waals surface area contributed by atoms with Gasteiger partial charge in [-0.1, -0.05) is 205 Å². The molecule has 0 fully saturated rings. The van der Waals surface area contributed by atoms with E-state index in [9.17, 15) is 0 Å². The van der Waals surface area contributed by atoms with Crippen LogP contribution in [0.15, 0.2) is 30.3 Å². The number of halogens is 2. The lowest BCUT2D eigenvalue weighted by Crippen LogP contribution is -3.00. The molecule has 0 unspecified atom stereocenters. The van der Waals surface area contributed by atoms with Crippen LogP contribution in [-0.2, 0) is 6.54 Å². The van der Waals surface area contributed by atoms with Gasteiger partial charge in [-0.25, -0.2) is 0 Å². The van der Waals surface area contributed by atoms with Crippen molar-refractivity contribution in [3.63, 3.8) is 0 Å². The molecular weight excluding hydrogens is 615 g/mol. The molecule has 1 aromatic carbocycles. The van der Waals surface area contributed by atoms with Gasteiger partial charge in [-0.05, 0) is 39.9 Å². The zero-order chi connectivity index (χ0) is 33.1. The zero-order valence-corrected chi connectivity index (χ0v) is 34.6. The number of hydrogen-bond donors (Lipinski definition) is 0. The molecular formula is C43H86Cl2N2. The third-order valence-corrected chi connectivity index (χ3v) is 9.53. The second-order valence-corrected chi connectivity index (χ2v) is 15.3. The summed E-state index contributed by atoms with van der Waals surface area (Å²) in [5.74, 6) is 0. The summed E-state index contributed by atoms with van der Waals surface area (Å²) in [7, 11) is 9.08. The summed E-state index contributed by atoms with van der Waals surface area (Å²) in [5, 5.41) is 0. The largest absolute Gasteiger partial charge is 1.00 e. The van der Waals surface area contributed by atoms with Gasteiger partial charge in [0, 0.05) is 5.56 Å². The van der Waals surface area contributed by atoms with Crippen LogP contribution in [0.3, 0.4) is 0 Å². The van der Waals surface area contributed by atoms with Gasteiger partial charge >= 0.3 is 0 Å². The van der Waals surface area contributed by atoms with Gasteiger partial charge in [-0.15, -0.1) is 12.4 Å². The van der Waals surface area contributed by atoms with E-state index in [4.69, 9.17) is 0 Å². The maximum atomic E-state index is 2.37. The molecule has 0 bridgehead atoms. The molecule has 0 aliphatic heterocycles. The minimum absolute atomic E-state index is 0. The molecule has 0 aliphatic rings. The number of hydrogen-bond acceptors (Lipinski definition) is 1. The maximum absolute atomic E-state index is 2.37. The standard InChI is InChI=1S/C25H46N.C18H39N.2ClH/c1-4-5-6-7-8-9-10-11-12-13-14-15-16-20-23-26(2,3)24-25-21-18-17-19-22-25;1-4-5-6-7-8-9-10-11-12-13-14-15-16-17-18-19(2)3;;/h17-19,21-22H,4-16,20,23-24H2,1-3H3;4-18H2,1-3H3;2*1H/q+1;;;/p-1. The van der Waals surface area contributed by atoms with Crippen molar-refractivity contribution in [2.24, 2.45) is 0 Å². The van der Waals surface area contributed by atoms with Crippen molar-refractivity contribution >= 4 is 12.4 Å². The third-order valence-electron chi connectivity index (χ3n) is 9.53. The van der Waals surface area contributed by atoms with E-state index in [1.54, 1.807) is 0 Å². The second-order valence-electron chi connectivity index (χ2n) is 15.3. The normalized spacial score (nSPS) is 11.1. The molecule has 0 amide bonds. The Balaban J connectivity index is -0.000000828. The fourth-order valence-electron chi connectivity index (χ4n) is 6.51. The number of rotatable bonds is 32. The van der Waals surface area contributed by atoms with E-state index in [0.717, 1.165) is 11.0 Å². The summed E-state index contributed by atoms with van der Waals surface area (Å²) in [5.41, 5.74) is 1.46. The van der Waals surface area contributed by atoms with Crippen molar-refractivity contribution in [2.75, 3.05) is 41.3 Å². The van der Waals surface area contributed by atoms with E-state index in [1.165, 1.54) is 198 Å². The SMILES string of the molecule is CCCCCCCCCCCCCCCCN(C)C.CCCCCCCCCCCCCCCC[N+](C)(C)Cc1ccccc1.Cl.[Cl-]. The first-order valence-electron chi connectivity index (χ1n) is 20.4. The lowest BCUT2D eigenvalue weighted by molar-refractivity contribution is -0.903. The predicted molar refractivity (Wildman–Crippen MR) is 214 cm³/mol. The van der Waals surface area contributed by atoms with Gasteiger partial charge in [0.15, 0.2) is 0 Å². The van der Waals surface area contributed by atoms with Crippen LogP contribution in [0.4, 0.5) is 0 Å². The molecule has 1 aromatic rings. The second kappa shape index (κ2) is 40.2. The Morgan fingerprint density at radius 3 is 1.06 bits per heavy atom. The summed E-state index contributed by atoms with van der Waals surface area (Å²) in [6.45, 7) is 8.30. The minimum atomic E-state index is 0. The smallest absolute Gasteiger partial charge is 0.104 e. The highest BCUT2D eigenvalue weighted by Gasteiger charge is 2.14. The summed E-state index contributed by atoms with van der Waals surface area (Å²) in [6, 6.07) is 10.9. The highest BCUT2D eigenvalue weighted by atomic mass is 35.5. The first-order valence-corrected chi connectivity index (χ1v) is 20.4. The van der Waals surface area contributed by atoms with E-state index < -0.39 is 0 Å². The van der Waals surface area contributed by atoms with Crippen LogP contribution in [0.5, 0.6) is 0 Å². The summed E-state index contributed by atoms with van der Waals surface area (Å²) >= 11 is 0. The lowest BCUT2D eigenvalue weighted by atomic mass is 10.0. The summed E-state index contributed by atoms with van der Waals surface area (Å²) in [6.07, 6.45) is 40.5. The molecule has 0 heterocycles. The zero-order valence-electron chi connectivity index (χ0n) is 33.0. The topological polar surface area (TPSA) is 3.24 Å². The number of nitrogens with zero attached hydrogens (tertiary/aromatic N) is 2. The van der Waals surface area contributed by atoms with Crippen LogP contribution in [0.1, 0.15) is 199 Å². The van der Waals surface area contributed by atoms with E-state index >= 15 is 0 Å². The molecule has 0 radical (unpaired) electrons. The molecule has 2 nitrogen and oxygen atoms in total. The highest BCUT2D eigenvalue weighted by Crippen LogP contribution is 2.16. The Morgan fingerprint density at radius 1 is 0.447 bits per heavy atom. The first-order chi connectivity index (χ1) is 21.9. The molecule has 0 aromatic heterocycles. The van der Waals surface area contributed by atoms with Crippen molar-refractivity contribution in [3.8, 4) is 0 Å². The average Bonchev–Trinajstić information content (AvgIpc) is 3.02. The van der Waals surface area contributed by atoms with Gasteiger partial charge in [-0.2, -0.15) is 0 Å². The lowest BCUT2D eigenvalue weighted by Gasteiger charge is -2.30. The third kappa shape index (κ3) is 41.8. The Hall–Kier alpha value is -0.280. The number of unbranched alkanes of at least 4 members (excludes halogenated alkanes) is 26. The Labute approximate surface area is 310 Å². The Morgan fingerprint density at radius 2 is 0.745 bits per heavy atom. The molecule has 4 heteroatoms. The van der Waals surface area contributed by atoms with E-state index in [2.05, 4.69) is 77.3 Å². The first kappa shape index (κ1) is 51.1. The number of quaternary nitrogens is 1. The van der Waals surface area contributed by atoms with Crippen LogP contribution in [-0.4, -0.2) is 50.7 Å². The maximum Gasteiger partial charge on any atom is 0.104 e. The monoisotopic (exact) mass is 701 g/mol. The van der Waals surface area contributed by atoms with Crippen molar-refractivity contribution in [3.05, 3.63) is 35.9 Å². The Kier molecular flexibility index (Phi) is 43.6. The quantitative estimate of drug-likeness (QED) is 0.0534. The summed E-state index contributed by atoms with van der Waals surface area (Å²) < 4.78 is 1.11. The van der Waals surface area contributed by atoms with E-state index in [1.807, 2.05) is 0 Å². The van der Waals surface area contributed by atoms with Crippen LogP contribution in [0.2, 0.25) is 0 Å². The van der Waals surface area contributed by atoms with Gasteiger partial charge in [0.05, 0.1) is 20.6 Å². The molecule has 0 atom stereocenters. The molecule has 0 saturated heterocycles. The van der Waals surface area contributed by atoms with Crippen LogP contribution in [0, 0.1) is 0 Å². The number of benzene rings is 1. The molecule has 47 heavy (non-hydrogen) atoms. The van der Waals surface area contributed by atoms with Gasteiger partial charge in [0.2, 0.25) is 0 Å². The van der Waals surface area contributed by atoms with Crippen molar-refractivity contribution in [1.29, 1.82) is 0 Å². The van der Waals surface area contributed by atoms with E-state index in [0.29, 0.717) is 0 Å². The molecule has 0 N–H and O–H groups in total. The van der Waals surface area contributed by atoms with Gasteiger partial charge in [0.25, 0.3) is 0 Å². The molecule has 1 rings (SSSR count). The predicted octanol–water partition coefficient (Wildman–Crippen LogP) is 11.2. The minimum Gasteiger partial charge on any atom is -1.00 e. The molecule has 0 aliphatic carbocycles. The van der Waals surface area contributed by atoms with Crippen molar-refractivity contribution in [1.82, 2.24) is 4.90 Å². The van der Waals surface area contributed by atoms with Gasteiger partial charge < -0.3 is 21.8 Å². The fourth-order valence-corrected chi connectivity index (χ4v) is 6.51. The van der Waals surface area contributed by atoms with Crippen LogP contribution >= 0.6 is 12.4 Å². The van der Waals surface area contributed by atoms with Crippen LogP contribution in [0.25, 0.3) is 0 Å². The van der Waals surface area contributed by atoms with Crippen molar-refractivity contribution in [2.45, 2.75) is 200 Å². The van der Waals surface area contributed by atoms with Crippen molar-refractivity contribution < 1.29 is 16.9 Å². The molecule has 282 valence electrons. The van der Waals surface area contributed by atoms with E-state index in [-0.39, 0.29) is 24.8 Å². The average molecular weight is 702 g/mol. The molecule has 0 spiro atoms.